The van der Waals surface area contributed by atoms with E-state index in [1.165, 1.54) is 11.1 Å². The second-order valence-corrected chi connectivity index (χ2v) is 19.4. The number of rotatable bonds is 9. The summed E-state index contributed by atoms with van der Waals surface area (Å²) in [7, 11) is -0.552. The van der Waals surface area contributed by atoms with E-state index in [9.17, 15) is 0 Å². The first-order chi connectivity index (χ1) is 25.3. The summed E-state index contributed by atoms with van der Waals surface area (Å²) >= 11 is 0. The van der Waals surface area contributed by atoms with Gasteiger partial charge in [-0.2, -0.15) is 0 Å². The number of aromatic nitrogens is 1. The third kappa shape index (κ3) is 9.05. The van der Waals surface area contributed by atoms with Gasteiger partial charge >= 0.3 is 0 Å². The van der Waals surface area contributed by atoms with Gasteiger partial charge in [0.05, 0.1) is 5.52 Å². The Morgan fingerprint density at radius 1 is 0.574 bits per heavy atom. The van der Waals surface area contributed by atoms with Gasteiger partial charge in [0.15, 0.2) is 0 Å². The third-order valence-electron chi connectivity index (χ3n) is 9.73. The average molecular weight is 763 g/mol. The van der Waals surface area contributed by atoms with Crippen molar-refractivity contribution in [3.63, 3.8) is 0 Å². The minimum atomic E-state index is -0.283. The maximum atomic E-state index is 6.87. The summed E-state index contributed by atoms with van der Waals surface area (Å²) in [6.45, 7) is 27.9. The number of benzene rings is 4. The molecule has 5 aromatic rings. The molecule has 0 saturated heterocycles. The molecule has 8 heteroatoms. The van der Waals surface area contributed by atoms with Crippen LogP contribution in [0.4, 0.5) is 5.69 Å². The second-order valence-electron chi connectivity index (χ2n) is 18.3. The molecule has 0 spiro atoms. The van der Waals surface area contributed by atoms with Gasteiger partial charge in [-0.1, -0.05) is 113 Å². The Balaban J connectivity index is 1.49. The van der Waals surface area contributed by atoms with E-state index in [4.69, 9.17) is 18.1 Å². The summed E-state index contributed by atoms with van der Waals surface area (Å²) in [5, 5.41) is 4.43. The lowest BCUT2D eigenvalue weighted by Gasteiger charge is -2.32. The minimum Gasteiger partial charge on any atom is -0.441 e. The van der Waals surface area contributed by atoms with E-state index in [-0.39, 0.29) is 39.7 Å². The molecule has 1 N–H and O–H groups in total. The van der Waals surface area contributed by atoms with Gasteiger partial charge in [0.1, 0.15) is 23.0 Å². The normalized spacial score (nSPS) is 13.8. The van der Waals surface area contributed by atoms with Crippen LogP contribution in [0, 0.1) is 0 Å². The first kappa shape index (κ1) is 39.6. The number of anilines is 1. The fraction of sp³-hybridized carbons (Fsp3) is 0.370. The Labute approximate surface area is 326 Å². The maximum Gasteiger partial charge on any atom is 0.275 e. The summed E-state index contributed by atoms with van der Waals surface area (Å²) in [5.74, 6) is 3.10. The first-order valence-electron chi connectivity index (χ1n) is 18.7. The number of hydrogen-bond donors (Lipinski definition) is 1. The molecule has 0 radical (unpaired) electrons. The highest BCUT2D eigenvalue weighted by atomic mass is 31.1. The number of pyridine rings is 1. The lowest BCUT2D eigenvalue weighted by atomic mass is 9.75. The summed E-state index contributed by atoms with van der Waals surface area (Å²) in [6.07, 6.45) is 6.05. The Kier molecular flexibility index (Phi) is 11.1. The van der Waals surface area contributed by atoms with E-state index in [1.807, 2.05) is 36.4 Å². The van der Waals surface area contributed by atoms with Crippen LogP contribution in [0.15, 0.2) is 85.1 Å². The molecule has 0 bridgehead atoms. The predicted octanol–water partition coefficient (Wildman–Crippen LogP) is 13.5. The lowest BCUT2D eigenvalue weighted by molar-refractivity contribution is 0.485. The highest BCUT2D eigenvalue weighted by Crippen LogP contribution is 2.51. The number of hydrogen-bond acceptors (Lipinski definition) is 6. The van der Waals surface area contributed by atoms with Crippen LogP contribution >= 0.6 is 18.1 Å². The second kappa shape index (κ2) is 15.2. The van der Waals surface area contributed by atoms with Gasteiger partial charge in [-0.15, -0.1) is 0 Å². The Morgan fingerprint density at radius 2 is 1.11 bits per heavy atom. The van der Waals surface area contributed by atoms with Crippen molar-refractivity contribution in [1.82, 2.24) is 4.98 Å². The SMILES string of the molecule is CC(C)(C)c1cc(-c2cc(C(C)(C)C)cc(C(C)(C)C)c2OPOc2ccc3ncccc3c2)c(OPOc2ccc3c(c2)C=CCN3)c(C(C)(C)C)c1. The fourth-order valence-corrected chi connectivity index (χ4v) is 7.59. The van der Waals surface area contributed by atoms with Gasteiger partial charge in [0.2, 0.25) is 0 Å². The molecule has 0 amide bonds. The quantitative estimate of drug-likeness (QED) is 0.151. The average Bonchev–Trinajstić information content (AvgIpc) is 3.09. The number of fused-ring (bicyclic) bond motifs is 2. The van der Waals surface area contributed by atoms with Crippen molar-refractivity contribution in [3.05, 3.63) is 113 Å². The van der Waals surface area contributed by atoms with Crippen molar-refractivity contribution < 1.29 is 18.1 Å². The molecular weight excluding hydrogens is 706 g/mol. The van der Waals surface area contributed by atoms with Gasteiger partial charge < -0.3 is 23.4 Å². The topological polar surface area (TPSA) is 61.8 Å². The molecule has 1 aromatic heterocycles. The van der Waals surface area contributed by atoms with Crippen molar-refractivity contribution in [2.24, 2.45) is 0 Å². The Hall–Kier alpha value is -4.11. The van der Waals surface area contributed by atoms with E-state index in [1.54, 1.807) is 6.20 Å². The summed E-state index contributed by atoms with van der Waals surface area (Å²) < 4.78 is 26.4. The molecule has 1 aliphatic heterocycles. The summed E-state index contributed by atoms with van der Waals surface area (Å²) in [6, 6.07) is 25.3. The van der Waals surface area contributed by atoms with Gasteiger partial charge in [0, 0.05) is 51.6 Å². The molecule has 2 atom stereocenters. The Bertz CT molecular complexity index is 2180. The van der Waals surface area contributed by atoms with Crippen LogP contribution in [0.2, 0.25) is 0 Å². The molecule has 2 heterocycles. The number of nitrogens with zero attached hydrogens (tertiary/aromatic N) is 1. The monoisotopic (exact) mass is 762 g/mol. The van der Waals surface area contributed by atoms with Crippen LogP contribution in [0.25, 0.3) is 28.1 Å². The molecule has 0 fully saturated rings. The van der Waals surface area contributed by atoms with E-state index in [0.29, 0.717) is 0 Å². The smallest absolute Gasteiger partial charge is 0.275 e. The van der Waals surface area contributed by atoms with Crippen LogP contribution in [-0.2, 0) is 21.7 Å². The fourth-order valence-electron chi connectivity index (χ4n) is 6.45. The van der Waals surface area contributed by atoms with E-state index in [0.717, 1.165) is 74.0 Å². The zero-order chi connectivity index (χ0) is 39.1. The van der Waals surface area contributed by atoms with E-state index < -0.39 is 0 Å². The molecule has 4 aromatic carbocycles. The van der Waals surface area contributed by atoms with Crippen molar-refractivity contribution >= 4 is 40.7 Å². The molecule has 6 rings (SSSR count). The van der Waals surface area contributed by atoms with Crippen LogP contribution in [0.5, 0.6) is 23.0 Å². The minimum absolute atomic E-state index is 0.123. The molecule has 0 saturated carbocycles. The zero-order valence-corrected chi connectivity index (χ0v) is 35.9. The molecular formula is C46H56N2O4P2. The van der Waals surface area contributed by atoms with Crippen molar-refractivity contribution in [1.29, 1.82) is 0 Å². The van der Waals surface area contributed by atoms with Gasteiger partial charge in [0.25, 0.3) is 18.1 Å². The van der Waals surface area contributed by atoms with E-state index in [2.05, 4.69) is 142 Å². The summed E-state index contributed by atoms with van der Waals surface area (Å²) in [4.78, 5) is 4.46. The molecule has 2 unspecified atom stereocenters. The molecule has 54 heavy (non-hydrogen) atoms. The van der Waals surface area contributed by atoms with Gasteiger partial charge in [-0.05, 0) is 87.4 Å². The third-order valence-corrected chi connectivity index (χ3v) is 10.9. The van der Waals surface area contributed by atoms with Crippen molar-refractivity contribution in [2.45, 2.75) is 105 Å². The highest BCUT2D eigenvalue weighted by molar-refractivity contribution is 7.27. The van der Waals surface area contributed by atoms with Crippen molar-refractivity contribution in [3.8, 4) is 34.1 Å². The molecule has 6 nitrogen and oxygen atoms in total. The number of nitrogens with one attached hydrogen (secondary N) is 1. The first-order valence-corrected chi connectivity index (χ1v) is 20.4. The molecule has 1 aliphatic rings. The largest absolute Gasteiger partial charge is 0.441 e. The lowest BCUT2D eigenvalue weighted by Crippen LogP contribution is -2.19. The predicted molar refractivity (Wildman–Crippen MR) is 232 cm³/mol. The zero-order valence-electron chi connectivity index (χ0n) is 33.9. The van der Waals surface area contributed by atoms with Crippen LogP contribution in [-0.4, -0.2) is 11.5 Å². The van der Waals surface area contributed by atoms with Crippen LogP contribution in [0.1, 0.15) is 111 Å². The Morgan fingerprint density at radius 3 is 1.65 bits per heavy atom. The molecule has 0 aliphatic carbocycles. The summed E-state index contributed by atoms with van der Waals surface area (Å²) in [5.41, 5.74) is 9.06. The van der Waals surface area contributed by atoms with Crippen LogP contribution in [0.3, 0.4) is 0 Å². The van der Waals surface area contributed by atoms with Gasteiger partial charge in [-0.25, -0.2) is 0 Å². The van der Waals surface area contributed by atoms with Gasteiger partial charge in [-0.3, -0.25) is 4.98 Å². The van der Waals surface area contributed by atoms with Crippen molar-refractivity contribution in [2.75, 3.05) is 11.9 Å². The standard InChI is InChI=1S/C46H56N2O4P2/c1-43(2,3)31-25-35(41(37(27-31)45(7,8)9)51-53-49-33-17-19-39-29(23-33)15-13-21-47-39)36-26-32(44(4,5)6)28-38(46(10,11)12)42(36)52-54-50-34-18-20-40-30(24-34)16-14-22-48-40/h13-21,23-28,48,53-54H,22H2,1-12H3. The van der Waals surface area contributed by atoms with Crippen LogP contribution < -0.4 is 23.4 Å². The maximum absolute atomic E-state index is 6.87. The molecule has 284 valence electrons. The highest BCUT2D eigenvalue weighted by Gasteiger charge is 2.32. The van der Waals surface area contributed by atoms with E-state index >= 15 is 0 Å².